The van der Waals surface area contributed by atoms with Crippen molar-refractivity contribution in [1.29, 1.82) is 0 Å². The number of amides is 1. The van der Waals surface area contributed by atoms with Gasteiger partial charge in [0.1, 0.15) is 11.5 Å². The van der Waals surface area contributed by atoms with Crippen molar-refractivity contribution < 1.29 is 22.7 Å². The number of nitrogens with zero attached hydrogens (tertiary/aromatic N) is 4. The third kappa shape index (κ3) is 5.78. The van der Waals surface area contributed by atoms with Gasteiger partial charge in [0.25, 0.3) is 0 Å². The molecule has 32 heavy (non-hydrogen) atoms. The van der Waals surface area contributed by atoms with Crippen LogP contribution in [0, 0.1) is 0 Å². The molecule has 11 heteroatoms. The molecular formula is C21H23F2N5O3S. The van der Waals surface area contributed by atoms with E-state index >= 15 is 0 Å². The molecule has 3 heterocycles. The van der Waals surface area contributed by atoms with Crippen molar-refractivity contribution in [3.8, 4) is 5.75 Å². The van der Waals surface area contributed by atoms with Gasteiger partial charge in [0.05, 0.1) is 18.6 Å². The molecule has 0 spiro atoms. The predicted molar refractivity (Wildman–Crippen MR) is 116 cm³/mol. The first-order chi connectivity index (χ1) is 15.6. The van der Waals surface area contributed by atoms with E-state index in [4.69, 9.17) is 4.42 Å². The van der Waals surface area contributed by atoms with Crippen LogP contribution in [0.2, 0.25) is 0 Å². The van der Waals surface area contributed by atoms with Gasteiger partial charge in [0, 0.05) is 18.8 Å². The van der Waals surface area contributed by atoms with E-state index in [0.717, 1.165) is 37.6 Å². The highest BCUT2D eigenvalue weighted by atomic mass is 32.2. The summed E-state index contributed by atoms with van der Waals surface area (Å²) in [4.78, 5) is 14.6. The number of thioether (sulfide) groups is 1. The summed E-state index contributed by atoms with van der Waals surface area (Å²) in [5.41, 5.74) is 0.489. The largest absolute Gasteiger partial charge is 0.467 e. The van der Waals surface area contributed by atoms with E-state index in [-0.39, 0.29) is 17.4 Å². The number of aromatic nitrogens is 3. The molecular weight excluding hydrogens is 440 g/mol. The van der Waals surface area contributed by atoms with E-state index in [9.17, 15) is 13.6 Å². The number of ether oxygens (including phenoxy) is 1. The zero-order chi connectivity index (χ0) is 22.3. The van der Waals surface area contributed by atoms with Gasteiger partial charge in [-0.3, -0.25) is 9.36 Å². The lowest BCUT2D eigenvalue weighted by Crippen LogP contribution is -2.32. The fourth-order valence-corrected chi connectivity index (χ4v) is 4.19. The Bertz CT molecular complexity index is 1010. The van der Waals surface area contributed by atoms with Gasteiger partial charge < -0.3 is 19.4 Å². The maximum absolute atomic E-state index is 12.4. The standard InChI is InChI=1S/C21H23F2N5O3S/c22-19(23)31-16-8-6-15(7-9-16)24-18(29)14-32-21-26-25-20(27-10-2-1-3-11-27)28(21)13-17-5-4-12-30-17/h4-9,12,19H,1-3,10-11,13-14H2,(H,24,29). The average molecular weight is 464 g/mol. The van der Waals surface area contributed by atoms with Gasteiger partial charge in [-0.15, -0.1) is 10.2 Å². The van der Waals surface area contributed by atoms with Crippen LogP contribution < -0.4 is 15.0 Å². The zero-order valence-electron chi connectivity index (χ0n) is 17.2. The van der Waals surface area contributed by atoms with Crippen LogP contribution in [0.3, 0.4) is 0 Å². The Labute approximate surface area is 187 Å². The van der Waals surface area contributed by atoms with Crippen LogP contribution >= 0.6 is 11.8 Å². The van der Waals surface area contributed by atoms with Gasteiger partial charge in [0.2, 0.25) is 11.9 Å². The third-order valence-corrected chi connectivity index (χ3v) is 5.89. The van der Waals surface area contributed by atoms with Crippen LogP contribution in [0.15, 0.2) is 52.2 Å². The van der Waals surface area contributed by atoms with Gasteiger partial charge >= 0.3 is 6.61 Å². The van der Waals surface area contributed by atoms with Crippen molar-refractivity contribution in [2.24, 2.45) is 0 Å². The molecule has 0 bridgehead atoms. The van der Waals surface area contributed by atoms with Gasteiger partial charge in [-0.05, 0) is 55.7 Å². The van der Waals surface area contributed by atoms with Gasteiger partial charge in [-0.25, -0.2) is 0 Å². The van der Waals surface area contributed by atoms with Gasteiger partial charge in [0.15, 0.2) is 5.16 Å². The topological polar surface area (TPSA) is 85.4 Å². The molecule has 1 saturated heterocycles. The van der Waals surface area contributed by atoms with Crippen molar-refractivity contribution in [2.45, 2.75) is 37.6 Å². The molecule has 2 aromatic heterocycles. The summed E-state index contributed by atoms with van der Waals surface area (Å²) < 4.78 is 36.3. The van der Waals surface area contributed by atoms with Crippen LogP contribution in [-0.2, 0) is 11.3 Å². The summed E-state index contributed by atoms with van der Waals surface area (Å²) in [6.45, 7) is -0.568. The van der Waals surface area contributed by atoms with E-state index in [1.165, 1.54) is 42.4 Å². The first-order valence-electron chi connectivity index (χ1n) is 10.3. The number of carbonyl (C=O) groups excluding carboxylic acids is 1. The van der Waals surface area contributed by atoms with Crippen molar-refractivity contribution in [2.75, 3.05) is 29.1 Å². The molecule has 1 fully saturated rings. The molecule has 0 atom stereocenters. The number of anilines is 2. The second-order valence-corrected chi connectivity index (χ2v) is 8.18. The maximum Gasteiger partial charge on any atom is 0.387 e. The molecule has 1 amide bonds. The van der Waals surface area contributed by atoms with Crippen LogP contribution in [0.4, 0.5) is 20.4 Å². The summed E-state index contributed by atoms with van der Waals surface area (Å²) in [6, 6.07) is 9.49. The molecule has 3 aromatic rings. The number of hydrogen-bond acceptors (Lipinski definition) is 7. The number of alkyl halides is 2. The van der Waals surface area contributed by atoms with Crippen LogP contribution in [0.1, 0.15) is 25.0 Å². The minimum Gasteiger partial charge on any atom is -0.467 e. The van der Waals surface area contributed by atoms with Gasteiger partial charge in [-0.1, -0.05) is 11.8 Å². The number of hydrogen-bond donors (Lipinski definition) is 1. The van der Waals surface area contributed by atoms with Crippen molar-refractivity contribution >= 4 is 29.3 Å². The molecule has 8 nitrogen and oxygen atoms in total. The summed E-state index contributed by atoms with van der Waals surface area (Å²) in [7, 11) is 0. The Morgan fingerprint density at radius 2 is 1.94 bits per heavy atom. The lowest BCUT2D eigenvalue weighted by molar-refractivity contribution is -0.113. The van der Waals surface area contributed by atoms with Crippen molar-refractivity contribution in [3.63, 3.8) is 0 Å². The molecule has 0 aliphatic carbocycles. The van der Waals surface area contributed by atoms with E-state index < -0.39 is 6.61 Å². The fourth-order valence-electron chi connectivity index (χ4n) is 3.46. The van der Waals surface area contributed by atoms with E-state index in [1.807, 2.05) is 16.7 Å². The number of rotatable bonds is 9. The Morgan fingerprint density at radius 1 is 1.16 bits per heavy atom. The summed E-state index contributed by atoms with van der Waals surface area (Å²) in [5, 5.41) is 12.1. The van der Waals surface area contributed by atoms with Crippen molar-refractivity contribution in [3.05, 3.63) is 48.4 Å². The number of carbonyl (C=O) groups is 1. The van der Waals surface area contributed by atoms with E-state index in [1.54, 1.807) is 6.26 Å². The highest BCUT2D eigenvalue weighted by molar-refractivity contribution is 7.99. The highest BCUT2D eigenvalue weighted by Gasteiger charge is 2.21. The van der Waals surface area contributed by atoms with Crippen LogP contribution in [0.25, 0.3) is 0 Å². The molecule has 0 radical (unpaired) electrons. The smallest absolute Gasteiger partial charge is 0.387 e. The fraction of sp³-hybridized carbons (Fsp3) is 0.381. The average Bonchev–Trinajstić information content (AvgIpc) is 3.44. The number of nitrogens with one attached hydrogen (secondary N) is 1. The Balaban J connectivity index is 1.40. The van der Waals surface area contributed by atoms with Crippen LogP contribution in [0.5, 0.6) is 5.75 Å². The molecule has 1 aliphatic heterocycles. The Kier molecular flexibility index (Phi) is 7.25. The molecule has 0 saturated carbocycles. The third-order valence-electron chi connectivity index (χ3n) is 4.93. The summed E-state index contributed by atoms with van der Waals surface area (Å²) in [5.74, 6) is 1.46. The zero-order valence-corrected chi connectivity index (χ0v) is 18.1. The minimum atomic E-state index is -2.89. The quantitative estimate of drug-likeness (QED) is 0.475. The molecule has 1 N–H and O–H groups in total. The first kappa shape index (κ1) is 22.1. The van der Waals surface area contributed by atoms with E-state index in [2.05, 4.69) is 25.2 Å². The van der Waals surface area contributed by atoms with Crippen molar-refractivity contribution in [1.82, 2.24) is 14.8 Å². The molecule has 0 unspecified atom stereocenters. The van der Waals surface area contributed by atoms with Gasteiger partial charge in [-0.2, -0.15) is 8.78 Å². The predicted octanol–water partition coefficient (Wildman–Crippen LogP) is 4.24. The minimum absolute atomic E-state index is 0.0312. The highest BCUT2D eigenvalue weighted by Crippen LogP contribution is 2.26. The molecule has 170 valence electrons. The second kappa shape index (κ2) is 10.5. The molecule has 1 aliphatic rings. The number of furan rings is 1. The second-order valence-electron chi connectivity index (χ2n) is 7.24. The molecule has 4 rings (SSSR count). The first-order valence-corrected chi connectivity index (χ1v) is 11.2. The number of piperidine rings is 1. The van der Waals surface area contributed by atoms with E-state index in [0.29, 0.717) is 17.4 Å². The number of halogens is 2. The number of benzene rings is 1. The summed E-state index contributed by atoms with van der Waals surface area (Å²) in [6.07, 6.45) is 5.05. The maximum atomic E-state index is 12.4. The normalized spacial score (nSPS) is 14.0. The lowest BCUT2D eigenvalue weighted by atomic mass is 10.1. The van der Waals surface area contributed by atoms with Crippen LogP contribution in [-0.4, -0.2) is 46.1 Å². The Morgan fingerprint density at radius 3 is 2.62 bits per heavy atom. The SMILES string of the molecule is O=C(CSc1nnc(N2CCCCC2)n1Cc1ccco1)Nc1ccc(OC(F)F)cc1. The lowest BCUT2D eigenvalue weighted by Gasteiger charge is -2.27. The Hall–Kier alpha value is -3.08. The monoisotopic (exact) mass is 463 g/mol. The summed E-state index contributed by atoms with van der Waals surface area (Å²) >= 11 is 1.28. The molecule has 1 aromatic carbocycles.